The maximum atomic E-state index is 13.7. The Hall–Kier alpha value is -3.87. The summed E-state index contributed by atoms with van der Waals surface area (Å²) in [7, 11) is 1.63. The van der Waals surface area contributed by atoms with Crippen LogP contribution in [0, 0.1) is 6.92 Å². The van der Waals surface area contributed by atoms with Crippen molar-refractivity contribution in [1.29, 1.82) is 0 Å². The number of ether oxygens (including phenoxy) is 1. The molecule has 2 saturated heterocycles. The molecule has 2 aliphatic heterocycles. The Morgan fingerprint density at radius 1 is 1.17 bits per heavy atom. The quantitative estimate of drug-likeness (QED) is 0.518. The Bertz CT molecular complexity index is 1310. The van der Waals surface area contributed by atoms with Gasteiger partial charge < -0.3 is 19.3 Å². The lowest BCUT2D eigenvalue weighted by atomic mass is 9.82. The average molecular weight is 472 g/mol. The fourth-order valence-corrected chi connectivity index (χ4v) is 5.44. The summed E-state index contributed by atoms with van der Waals surface area (Å²) in [5.74, 6) is -0.258. The second-order valence-corrected chi connectivity index (χ2v) is 9.27. The number of aromatic carboxylic acids is 1. The van der Waals surface area contributed by atoms with Crippen LogP contribution >= 0.6 is 0 Å². The lowest BCUT2D eigenvalue weighted by molar-refractivity contribution is -0.136. The molecule has 35 heavy (non-hydrogen) atoms. The summed E-state index contributed by atoms with van der Waals surface area (Å²) in [5, 5.41) is 9.73. The molecule has 180 valence electrons. The van der Waals surface area contributed by atoms with E-state index in [2.05, 4.69) is 4.98 Å². The van der Waals surface area contributed by atoms with E-state index in [9.17, 15) is 14.7 Å². The van der Waals surface area contributed by atoms with Gasteiger partial charge in [-0.25, -0.2) is 9.78 Å². The van der Waals surface area contributed by atoms with Gasteiger partial charge in [0, 0.05) is 17.8 Å². The Morgan fingerprint density at radius 2 is 2.00 bits per heavy atom. The molecule has 2 fully saturated rings. The second kappa shape index (κ2) is 9.41. The number of hydrogen-bond acceptors (Lipinski definition) is 4. The van der Waals surface area contributed by atoms with Gasteiger partial charge in [0.25, 0.3) is 5.91 Å². The highest BCUT2D eigenvalue weighted by atomic mass is 16.5. The number of imidazole rings is 1. The van der Waals surface area contributed by atoms with Gasteiger partial charge in [-0.2, -0.15) is 0 Å². The number of amides is 1. The molecule has 3 aromatic rings. The van der Waals surface area contributed by atoms with E-state index in [1.54, 1.807) is 25.6 Å². The molecule has 3 heterocycles. The number of aromatic nitrogens is 2. The Labute approximate surface area is 204 Å². The molecule has 0 bridgehead atoms. The third kappa shape index (κ3) is 4.34. The lowest BCUT2D eigenvalue weighted by Gasteiger charge is -2.46. The minimum Gasteiger partial charge on any atom is -0.495 e. The number of carboxylic acids is 1. The number of piperidine rings is 2. The molecule has 7 heteroatoms. The summed E-state index contributed by atoms with van der Waals surface area (Å²) in [4.78, 5) is 31.8. The van der Waals surface area contributed by atoms with Crippen LogP contribution in [0.4, 0.5) is 0 Å². The van der Waals surface area contributed by atoms with Crippen molar-refractivity contribution < 1.29 is 19.4 Å². The Balaban J connectivity index is 1.47. The predicted molar refractivity (Wildman–Crippen MR) is 133 cm³/mol. The molecule has 1 aromatic heterocycles. The number of carbonyl (C=O) groups is 2. The summed E-state index contributed by atoms with van der Waals surface area (Å²) in [6.07, 6.45) is 9.93. The summed E-state index contributed by atoms with van der Waals surface area (Å²) >= 11 is 0. The van der Waals surface area contributed by atoms with Gasteiger partial charge in [0.15, 0.2) is 0 Å². The number of nitrogens with zero attached hydrogens (tertiary/aromatic N) is 3. The molecule has 0 saturated carbocycles. The van der Waals surface area contributed by atoms with Crippen molar-refractivity contribution >= 4 is 18.0 Å². The van der Waals surface area contributed by atoms with Crippen molar-refractivity contribution in [3.05, 3.63) is 82.9 Å². The van der Waals surface area contributed by atoms with E-state index in [-0.39, 0.29) is 23.6 Å². The minimum atomic E-state index is -0.955. The normalized spacial score (nSPS) is 21.1. The summed E-state index contributed by atoms with van der Waals surface area (Å²) in [5.41, 5.74) is 4.43. The van der Waals surface area contributed by atoms with Crippen molar-refractivity contribution in [2.75, 3.05) is 7.11 Å². The first-order chi connectivity index (χ1) is 17.0. The fourth-order valence-electron chi connectivity index (χ4n) is 5.44. The first-order valence-corrected chi connectivity index (χ1v) is 12.0. The first kappa shape index (κ1) is 22.9. The largest absolute Gasteiger partial charge is 0.495 e. The van der Waals surface area contributed by atoms with Crippen LogP contribution in [0.25, 0.3) is 11.8 Å². The van der Waals surface area contributed by atoms with Gasteiger partial charge in [0.1, 0.15) is 5.75 Å². The van der Waals surface area contributed by atoms with Gasteiger partial charge in [-0.05, 0) is 74.4 Å². The van der Waals surface area contributed by atoms with Crippen molar-refractivity contribution in [3.63, 3.8) is 0 Å². The van der Waals surface area contributed by atoms with Crippen LogP contribution in [0.5, 0.6) is 5.75 Å². The SMILES string of the molecule is COc1cc(C=C2CCC3CCCC(c4ccccc4C(=O)O)N3C2=O)ccc1-n1cnc(C)c1. The van der Waals surface area contributed by atoms with Crippen molar-refractivity contribution in [3.8, 4) is 11.4 Å². The third-order valence-corrected chi connectivity index (χ3v) is 7.08. The molecule has 2 aromatic carbocycles. The number of methoxy groups -OCH3 is 1. The van der Waals surface area contributed by atoms with Crippen molar-refractivity contribution in [2.45, 2.75) is 51.1 Å². The van der Waals surface area contributed by atoms with E-state index in [4.69, 9.17) is 4.74 Å². The average Bonchev–Trinajstić information content (AvgIpc) is 3.31. The van der Waals surface area contributed by atoms with Crippen molar-refractivity contribution in [2.24, 2.45) is 0 Å². The van der Waals surface area contributed by atoms with Crippen LogP contribution in [-0.4, -0.2) is 44.6 Å². The maximum Gasteiger partial charge on any atom is 0.336 e. The number of rotatable bonds is 5. The molecule has 0 aliphatic carbocycles. The molecule has 7 nitrogen and oxygen atoms in total. The molecule has 5 rings (SSSR count). The topological polar surface area (TPSA) is 84.7 Å². The molecule has 2 aliphatic rings. The van der Waals surface area contributed by atoms with Gasteiger partial charge in [-0.3, -0.25) is 4.79 Å². The standard InChI is InChI=1S/C28H29N3O4/c1-18-16-30(17-29-18)25-13-10-19(15-26(25)35-2)14-20-11-12-21-6-5-9-24(31(21)27(20)32)22-7-3-4-8-23(22)28(33)34/h3-4,7-8,10,13-17,21,24H,5-6,9,11-12H2,1-2H3,(H,33,34). The zero-order chi connectivity index (χ0) is 24.5. The number of fused-ring (bicyclic) bond motifs is 1. The number of hydrogen-bond donors (Lipinski definition) is 1. The van der Waals surface area contributed by atoms with E-state index >= 15 is 0 Å². The highest BCUT2D eigenvalue weighted by Crippen LogP contribution is 2.42. The highest BCUT2D eigenvalue weighted by Gasteiger charge is 2.40. The Kier molecular flexibility index (Phi) is 6.16. The number of benzene rings is 2. The molecule has 0 radical (unpaired) electrons. The van der Waals surface area contributed by atoms with Crippen LogP contribution in [0.1, 0.15) is 65.3 Å². The van der Waals surface area contributed by atoms with Gasteiger partial charge >= 0.3 is 5.97 Å². The Morgan fingerprint density at radius 3 is 2.74 bits per heavy atom. The summed E-state index contributed by atoms with van der Waals surface area (Å²) in [6, 6.07) is 12.9. The molecule has 2 unspecified atom stereocenters. The van der Waals surface area contributed by atoms with Crippen LogP contribution in [0.2, 0.25) is 0 Å². The minimum absolute atomic E-state index is 0.000537. The molecular weight excluding hydrogens is 442 g/mol. The number of carboxylic acid groups (broad SMARTS) is 1. The predicted octanol–water partition coefficient (Wildman–Crippen LogP) is 5.19. The summed E-state index contributed by atoms with van der Waals surface area (Å²) in [6.45, 7) is 1.94. The second-order valence-electron chi connectivity index (χ2n) is 9.27. The van der Waals surface area contributed by atoms with E-state index in [0.717, 1.165) is 53.8 Å². The fraction of sp³-hybridized carbons (Fsp3) is 0.321. The molecular formula is C28H29N3O4. The van der Waals surface area contributed by atoms with E-state index in [1.807, 2.05) is 59.0 Å². The van der Waals surface area contributed by atoms with Crippen LogP contribution in [0.15, 0.2) is 60.6 Å². The zero-order valence-electron chi connectivity index (χ0n) is 20.0. The van der Waals surface area contributed by atoms with Crippen molar-refractivity contribution in [1.82, 2.24) is 14.5 Å². The van der Waals surface area contributed by atoms with E-state index < -0.39 is 5.97 Å². The van der Waals surface area contributed by atoms with Gasteiger partial charge in [-0.15, -0.1) is 0 Å². The third-order valence-electron chi connectivity index (χ3n) is 7.08. The monoisotopic (exact) mass is 471 g/mol. The maximum absolute atomic E-state index is 13.7. The number of carbonyl (C=O) groups excluding carboxylic acids is 1. The van der Waals surface area contributed by atoms with Crippen LogP contribution in [0.3, 0.4) is 0 Å². The van der Waals surface area contributed by atoms with Gasteiger partial charge in [-0.1, -0.05) is 24.3 Å². The van der Waals surface area contributed by atoms with E-state index in [0.29, 0.717) is 12.2 Å². The van der Waals surface area contributed by atoms with E-state index in [1.165, 1.54) is 0 Å². The molecule has 1 N–H and O–H groups in total. The van der Waals surface area contributed by atoms with Gasteiger partial charge in [0.05, 0.1) is 36.4 Å². The summed E-state index contributed by atoms with van der Waals surface area (Å²) < 4.78 is 7.55. The van der Waals surface area contributed by atoms with Crippen LogP contribution < -0.4 is 4.74 Å². The molecule has 1 amide bonds. The smallest absolute Gasteiger partial charge is 0.336 e. The highest BCUT2D eigenvalue weighted by molar-refractivity contribution is 5.99. The molecule has 2 atom stereocenters. The molecule has 0 spiro atoms. The van der Waals surface area contributed by atoms with Crippen LogP contribution in [-0.2, 0) is 4.79 Å². The first-order valence-electron chi connectivity index (χ1n) is 12.0. The lowest BCUT2D eigenvalue weighted by Crippen LogP contribution is -2.49. The zero-order valence-corrected chi connectivity index (χ0v) is 20.0. The number of aryl methyl sites for hydroxylation is 1. The van der Waals surface area contributed by atoms with Gasteiger partial charge in [0.2, 0.25) is 0 Å².